The van der Waals surface area contributed by atoms with Crippen molar-refractivity contribution in [1.29, 1.82) is 0 Å². The minimum Gasteiger partial charge on any atom is -0.460 e. The maximum atomic E-state index is 12.9. The van der Waals surface area contributed by atoms with Gasteiger partial charge in [0.15, 0.2) is 5.76 Å². The number of halogens is 1. The fourth-order valence-electron chi connectivity index (χ4n) is 3.65. The molecule has 2 aromatic heterocycles. The van der Waals surface area contributed by atoms with Crippen molar-refractivity contribution in [2.24, 2.45) is 5.92 Å². The SMILES string of the molecule is Cc1ccc(-c2nn(-c3ccccc3)cc2C(=O)NCCC2CCCNC2)o1.Cl. The summed E-state index contributed by atoms with van der Waals surface area (Å²) in [7, 11) is 0. The average Bonchev–Trinajstić information content (AvgIpc) is 3.36. The van der Waals surface area contributed by atoms with Gasteiger partial charge in [-0.2, -0.15) is 5.10 Å². The van der Waals surface area contributed by atoms with E-state index in [1.54, 1.807) is 10.9 Å². The molecule has 7 heteroatoms. The minimum atomic E-state index is -0.116. The lowest BCUT2D eigenvalue weighted by Gasteiger charge is -2.22. The first-order valence-corrected chi connectivity index (χ1v) is 9.91. The van der Waals surface area contributed by atoms with E-state index >= 15 is 0 Å². The number of carbonyl (C=O) groups is 1. The first-order valence-electron chi connectivity index (χ1n) is 9.91. The average molecular weight is 415 g/mol. The van der Waals surface area contributed by atoms with Crippen LogP contribution in [0.15, 0.2) is 53.1 Å². The molecule has 1 amide bonds. The Morgan fingerprint density at radius 1 is 1.28 bits per heavy atom. The standard InChI is InChI=1S/C22H26N4O2.ClH/c1-16-9-10-20(28-16)21-19(15-26(25-21)18-7-3-2-4-8-18)22(27)24-13-11-17-6-5-12-23-14-17;/h2-4,7-10,15,17,23H,5-6,11-14H2,1H3,(H,24,27);1H. The summed E-state index contributed by atoms with van der Waals surface area (Å²) in [5, 5.41) is 11.1. The van der Waals surface area contributed by atoms with Crippen molar-refractivity contribution in [2.45, 2.75) is 26.2 Å². The Balaban J connectivity index is 0.00000240. The summed E-state index contributed by atoms with van der Waals surface area (Å²) < 4.78 is 7.47. The van der Waals surface area contributed by atoms with Gasteiger partial charge in [-0.25, -0.2) is 4.68 Å². The van der Waals surface area contributed by atoms with E-state index in [-0.39, 0.29) is 18.3 Å². The van der Waals surface area contributed by atoms with Crippen molar-refractivity contribution >= 4 is 18.3 Å². The van der Waals surface area contributed by atoms with Gasteiger partial charge in [0.25, 0.3) is 5.91 Å². The number of benzene rings is 1. The Kier molecular flexibility index (Phi) is 7.12. The monoisotopic (exact) mass is 414 g/mol. The fraction of sp³-hybridized carbons (Fsp3) is 0.364. The molecule has 1 saturated heterocycles. The molecule has 1 fully saturated rings. The van der Waals surface area contributed by atoms with Gasteiger partial charge in [-0.15, -0.1) is 12.4 Å². The highest BCUT2D eigenvalue weighted by Gasteiger charge is 2.21. The van der Waals surface area contributed by atoms with Gasteiger partial charge in [-0.3, -0.25) is 4.79 Å². The van der Waals surface area contributed by atoms with E-state index in [1.165, 1.54) is 12.8 Å². The molecule has 0 radical (unpaired) electrons. The Morgan fingerprint density at radius 2 is 2.10 bits per heavy atom. The van der Waals surface area contributed by atoms with Crippen LogP contribution in [0.5, 0.6) is 0 Å². The summed E-state index contributed by atoms with van der Waals surface area (Å²) in [5.74, 6) is 1.91. The molecule has 1 aliphatic heterocycles. The number of para-hydroxylation sites is 1. The van der Waals surface area contributed by atoms with Crippen molar-refractivity contribution in [2.75, 3.05) is 19.6 Å². The van der Waals surface area contributed by atoms with Gasteiger partial charge in [0, 0.05) is 12.7 Å². The number of amides is 1. The van der Waals surface area contributed by atoms with Gasteiger partial charge in [0.2, 0.25) is 0 Å². The van der Waals surface area contributed by atoms with E-state index < -0.39 is 0 Å². The number of piperidine rings is 1. The topological polar surface area (TPSA) is 72.1 Å². The van der Waals surface area contributed by atoms with E-state index in [0.717, 1.165) is 31.0 Å². The molecular weight excluding hydrogens is 388 g/mol. The predicted octanol–water partition coefficient (Wildman–Crippen LogP) is 3.98. The maximum Gasteiger partial charge on any atom is 0.255 e. The second-order valence-corrected chi connectivity index (χ2v) is 7.34. The second-order valence-electron chi connectivity index (χ2n) is 7.34. The van der Waals surface area contributed by atoms with Gasteiger partial charge in [-0.05, 0) is 69.5 Å². The minimum absolute atomic E-state index is 0. The van der Waals surface area contributed by atoms with Crippen LogP contribution >= 0.6 is 12.4 Å². The summed E-state index contributed by atoms with van der Waals surface area (Å²) >= 11 is 0. The first kappa shape index (κ1) is 21.1. The van der Waals surface area contributed by atoms with E-state index in [2.05, 4.69) is 15.7 Å². The lowest BCUT2D eigenvalue weighted by Crippen LogP contribution is -2.33. The molecule has 2 N–H and O–H groups in total. The largest absolute Gasteiger partial charge is 0.460 e. The quantitative estimate of drug-likeness (QED) is 0.639. The van der Waals surface area contributed by atoms with Crippen molar-refractivity contribution in [3.63, 3.8) is 0 Å². The van der Waals surface area contributed by atoms with Gasteiger partial charge in [0.05, 0.1) is 11.3 Å². The molecule has 1 unspecified atom stereocenters. The van der Waals surface area contributed by atoms with Gasteiger partial charge < -0.3 is 15.1 Å². The number of aryl methyl sites for hydroxylation is 1. The number of nitrogens with one attached hydrogen (secondary N) is 2. The van der Waals surface area contributed by atoms with E-state index in [9.17, 15) is 4.79 Å². The Hall–Kier alpha value is -2.57. The smallest absolute Gasteiger partial charge is 0.255 e. The molecule has 1 atom stereocenters. The van der Waals surface area contributed by atoms with E-state index in [0.29, 0.717) is 29.5 Å². The van der Waals surface area contributed by atoms with Crippen molar-refractivity contribution in [3.8, 4) is 17.1 Å². The lowest BCUT2D eigenvalue weighted by atomic mass is 9.96. The van der Waals surface area contributed by atoms with Crippen molar-refractivity contribution in [1.82, 2.24) is 20.4 Å². The molecule has 1 aliphatic rings. The lowest BCUT2D eigenvalue weighted by molar-refractivity contribution is 0.0951. The molecule has 0 bridgehead atoms. The number of carbonyl (C=O) groups excluding carboxylic acids is 1. The van der Waals surface area contributed by atoms with E-state index in [4.69, 9.17) is 4.42 Å². The number of aromatic nitrogens is 2. The van der Waals surface area contributed by atoms with Crippen molar-refractivity contribution in [3.05, 3.63) is 60.0 Å². The molecule has 6 nitrogen and oxygen atoms in total. The molecule has 0 aliphatic carbocycles. The molecular formula is C22H27ClN4O2. The van der Waals surface area contributed by atoms with Crippen LogP contribution in [0.1, 0.15) is 35.4 Å². The van der Waals surface area contributed by atoms with Gasteiger partial charge in [0.1, 0.15) is 11.5 Å². The Bertz CT molecular complexity index is 929. The van der Waals surface area contributed by atoms with Crippen LogP contribution in [0.3, 0.4) is 0 Å². The van der Waals surface area contributed by atoms with Crippen molar-refractivity contribution < 1.29 is 9.21 Å². The molecule has 3 aromatic rings. The van der Waals surface area contributed by atoms with Crippen LogP contribution in [0.2, 0.25) is 0 Å². The fourth-order valence-corrected chi connectivity index (χ4v) is 3.65. The van der Waals surface area contributed by atoms with Crippen LogP contribution in [0.4, 0.5) is 0 Å². The molecule has 4 rings (SSSR count). The number of hydrogen-bond acceptors (Lipinski definition) is 4. The molecule has 3 heterocycles. The molecule has 154 valence electrons. The summed E-state index contributed by atoms with van der Waals surface area (Å²) in [6.45, 7) is 4.69. The third kappa shape index (κ3) is 5.08. The number of furan rings is 1. The highest BCUT2D eigenvalue weighted by molar-refractivity contribution is 5.99. The highest BCUT2D eigenvalue weighted by Crippen LogP contribution is 2.25. The van der Waals surface area contributed by atoms with Crippen LogP contribution in [0, 0.1) is 12.8 Å². The predicted molar refractivity (Wildman–Crippen MR) is 116 cm³/mol. The van der Waals surface area contributed by atoms with Crippen LogP contribution in [-0.4, -0.2) is 35.3 Å². The summed E-state index contributed by atoms with van der Waals surface area (Å²) in [6, 6.07) is 13.5. The summed E-state index contributed by atoms with van der Waals surface area (Å²) in [4.78, 5) is 12.9. The summed E-state index contributed by atoms with van der Waals surface area (Å²) in [6.07, 6.45) is 5.21. The maximum absolute atomic E-state index is 12.9. The zero-order valence-corrected chi connectivity index (χ0v) is 17.4. The first-order chi connectivity index (χ1) is 13.7. The third-order valence-electron chi connectivity index (χ3n) is 5.19. The zero-order valence-electron chi connectivity index (χ0n) is 16.6. The number of hydrogen-bond donors (Lipinski definition) is 2. The normalized spacial score (nSPS) is 16.2. The zero-order chi connectivity index (χ0) is 19.3. The second kappa shape index (κ2) is 9.76. The van der Waals surface area contributed by atoms with E-state index in [1.807, 2.05) is 49.4 Å². The van der Waals surface area contributed by atoms with Crippen LogP contribution in [0.25, 0.3) is 17.1 Å². The van der Waals surface area contributed by atoms with Crippen LogP contribution in [-0.2, 0) is 0 Å². The molecule has 0 saturated carbocycles. The molecule has 29 heavy (non-hydrogen) atoms. The van der Waals surface area contributed by atoms with Crippen LogP contribution < -0.4 is 10.6 Å². The Labute approximate surface area is 177 Å². The van der Waals surface area contributed by atoms with Gasteiger partial charge >= 0.3 is 0 Å². The third-order valence-corrected chi connectivity index (χ3v) is 5.19. The molecule has 0 spiro atoms. The Morgan fingerprint density at radius 3 is 2.79 bits per heavy atom. The number of rotatable bonds is 6. The molecule has 1 aromatic carbocycles. The highest BCUT2D eigenvalue weighted by atomic mass is 35.5. The summed E-state index contributed by atoms with van der Waals surface area (Å²) in [5.41, 5.74) is 1.99. The number of nitrogens with zero attached hydrogens (tertiary/aromatic N) is 2. The van der Waals surface area contributed by atoms with Gasteiger partial charge in [-0.1, -0.05) is 18.2 Å².